The van der Waals surface area contributed by atoms with Crippen LogP contribution in [0.1, 0.15) is 34.6 Å². The van der Waals surface area contributed by atoms with E-state index in [1.807, 2.05) is 24.3 Å². The second kappa shape index (κ2) is 8.36. The molecule has 0 fully saturated rings. The lowest BCUT2D eigenvalue weighted by molar-refractivity contribution is -0.126. The first-order chi connectivity index (χ1) is 14.5. The molecule has 2 aromatic carbocycles. The van der Waals surface area contributed by atoms with E-state index >= 15 is 0 Å². The van der Waals surface area contributed by atoms with Crippen molar-refractivity contribution < 1.29 is 23.6 Å². The summed E-state index contributed by atoms with van der Waals surface area (Å²) in [6.07, 6.45) is -0.0888. The number of hydrogen-bond acceptors (Lipinski definition) is 7. The molecule has 0 aliphatic carbocycles. The van der Waals surface area contributed by atoms with Crippen molar-refractivity contribution in [2.75, 3.05) is 11.4 Å². The number of rotatable bonds is 6. The Balaban J connectivity index is 1.33. The summed E-state index contributed by atoms with van der Waals surface area (Å²) < 4.78 is 15.8. The summed E-state index contributed by atoms with van der Waals surface area (Å²) in [5.41, 5.74) is 2.33. The molecule has 154 valence electrons. The zero-order chi connectivity index (χ0) is 21.1. The van der Waals surface area contributed by atoms with Crippen LogP contribution in [0.15, 0.2) is 53.1 Å². The second-order valence-corrected chi connectivity index (χ2v) is 6.96. The largest absolute Gasteiger partial charge is 0.485 e. The van der Waals surface area contributed by atoms with Crippen LogP contribution in [0.5, 0.6) is 5.75 Å². The summed E-state index contributed by atoms with van der Waals surface area (Å²) in [4.78, 5) is 30.9. The molecule has 3 aromatic rings. The maximum atomic E-state index is 12.8. The van der Waals surface area contributed by atoms with Crippen LogP contribution in [0.2, 0.25) is 0 Å². The molecule has 2 heterocycles. The maximum absolute atomic E-state index is 12.8. The van der Waals surface area contributed by atoms with Gasteiger partial charge >= 0.3 is 5.97 Å². The Kier molecular flexibility index (Phi) is 5.47. The van der Waals surface area contributed by atoms with E-state index in [1.54, 1.807) is 43.0 Å². The van der Waals surface area contributed by atoms with E-state index in [-0.39, 0.29) is 12.5 Å². The molecule has 1 amide bonds. The molecule has 8 heteroatoms. The number of carbonyl (C=O) groups excluding carboxylic acids is 2. The zero-order valence-electron chi connectivity index (χ0n) is 16.7. The third kappa shape index (κ3) is 4.17. The number of aryl methyl sites for hydroxylation is 1. The molecule has 1 aromatic heterocycles. The fourth-order valence-electron chi connectivity index (χ4n) is 3.30. The van der Waals surface area contributed by atoms with Gasteiger partial charge in [-0.1, -0.05) is 23.4 Å². The monoisotopic (exact) mass is 407 g/mol. The molecule has 0 N–H and O–H groups in total. The van der Waals surface area contributed by atoms with Gasteiger partial charge in [0.2, 0.25) is 11.7 Å². The van der Waals surface area contributed by atoms with E-state index in [9.17, 15) is 9.59 Å². The Bertz CT molecular complexity index is 1060. The van der Waals surface area contributed by atoms with Crippen molar-refractivity contribution in [3.05, 3.63) is 71.4 Å². The van der Waals surface area contributed by atoms with Gasteiger partial charge in [0.25, 0.3) is 5.91 Å². The van der Waals surface area contributed by atoms with Crippen molar-refractivity contribution in [3.63, 3.8) is 0 Å². The van der Waals surface area contributed by atoms with Crippen molar-refractivity contribution in [2.24, 2.45) is 0 Å². The highest BCUT2D eigenvalue weighted by Crippen LogP contribution is 2.28. The number of anilines is 1. The first kappa shape index (κ1) is 19.6. The van der Waals surface area contributed by atoms with Crippen LogP contribution >= 0.6 is 0 Å². The van der Waals surface area contributed by atoms with Crippen molar-refractivity contribution in [1.29, 1.82) is 0 Å². The highest BCUT2D eigenvalue weighted by molar-refractivity contribution is 6.00. The summed E-state index contributed by atoms with van der Waals surface area (Å²) in [5, 5.41) is 3.75. The van der Waals surface area contributed by atoms with Crippen molar-refractivity contribution in [1.82, 2.24) is 10.1 Å². The Hall–Kier alpha value is -3.68. The minimum atomic E-state index is -0.888. The molecule has 0 unspecified atom stereocenters. The zero-order valence-corrected chi connectivity index (χ0v) is 16.7. The van der Waals surface area contributed by atoms with E-state index < -0.39 is 12.1 Å². The van der Waals surface area contributed by atoms with E-state index in [1.165, 1.54) is 0 Å². The Morgan fingerprint density at radius 2 is 1.93 bits per heavy atom. The average Bonchev–Trinajstić information content (AvgIpc) is 3.38. The van der Waals surface area contributed by atoms with Crippen molar-refractivity contribution in [2.45, 2.75) is 33.0 Å². The first-order valence-corrected chi connectivity index (χ1v) is 9.63. The average molecular weight is 407 g/mol. The number of carbonyl (C=O) groups is 2. The van der Waals surface area contributed by atoms with Gasteiger partial charge in [-0.2, -0.15) is 4.98 Å². The van der Waals surface area contributed by atoms with Crippen molar-refractivity contribution in [3.8, 4) is 5.75 Å². The van der Waals surface area contributed by atoms with Gasteiger partial charge in [-0.25, -0.2) is 4.79 Å². The van der Waals surface area contributed by atoms with Crippen LogP contribution in [0.4, 0.5) is 5.69 Å². The Morgan fingerprint density at radius 1 is 1.17 bits per heavy atom. The second-order valence-electron chi connectivity index (χ2n) is 6.96. The number of fused-ring (bicyclic) bond motifs is 1. The number of benzene rings is 2. The fourth-order valence-corrected chi connectivity index (χ4v) is 3.30. The molecule has 4 rings (SSSR count). The van der Waals surface area contributed by atoms with Crippen molar-refractivity contribution >= 4 is 17.6 Å². The van der Waals surface area contributed by atoms with E-state index in [0.29, 0.717) is 29.6 Å². The molecule has 1 aliphatic heterocycles. The Labute approximate surface area is 173 Å². The standard InChI is InChI=1S/C22H21N3O5/c1-14(21(26)25-12-11-16-5-3-4-6-19(16)25)29-22(27)17-7-9-18(10-8-17)28-13-20-23-15(2)30-24-20/h3-10,14H,11-13H2,1-2H3/t14-/m1/s1. The Morgan fingerprint density at radius 3 is 2.67 bits per heavy atom. The van der Waals surface area contributed by atoms with E-state index in [4.69, 9.17) is 14.0 Å². The molecule has 1 aliphatic rings. The summed E-state index contributed by atoms with van der Waals surface area (Å²) in [6.45, 7) is 4.03. The smallest absolute Gasteiger partial charge is 0.338 e. The third-order valence-corrected chi connectivity index (χ3v) is 4.81. The molecule has 0 bridgehead atoms. The number of aromatic nitrogens is 2. The normalized spacial score (nSPS) is 13.6. The number of ether oxygens (including phenoxy) is 2. The molecule has 30 heavy (non-hydrogen) atoms. The number of nitrogens with zero attached hydrogens (tertiary/aromatic N) is 3. The molecule has 0 saturated carbocycles. The molecule has 0 radical (unpaired) electrons. The van der Waals surface area contributed by atoms with Gasteiger partial charge in [0, 0.05) is 19.2 Å². The summed E-state index contributed by atoms with van der Waals surface area (Å²) in [6, 6.07) is 14.2. The molecule has 0 saturated heterocycles. The van der Waals surface area contributed by atoms with Crippen LogP contribution < -0.4 is 9.64 Å². The van der Waals surface area contributed by atoms with Crippen LogP contribution in [0.3, 0.4) is 0 Å². The van der Waals surface area contributed by atoms with Gasteiger partial charge in [-0.05, 0) is 49.2 Å². The summed E-state index contributed by atoms with van der Waals surface area (Å²) in [5.74, 6) is 0.652. The minimum absolute atomic E-state index is 0.157. The summed E-state index contributed by atoms with van der Waals surface area (Å²) in [7, 11) is 0. The lowest BCUT2D eigenvalue weighted by atomic mass is 10.2. The predicted molar refractivity (Wildman–Crippen MR) is 107 cm³/mol. The fraction of sp³-hybridized carbons (Fsp3) is 0.273. The number of hydrogen-bond donors (Lipinski definition) is 0. The van der Waals surface area contributed by atoms with E-state index in [0.717, 1.165) is 17.7 Å². The molecule has 8 nitrogen and oxygen atoms in total. The first-order valence-electron chi connectivity index (χ1n) is 9.63. The maximum Gasteiger partial charge on any atom is 0.338 e. The third-order valence-electron chi connectivity index (χ3n) is 4.81. The van der Waals surface area contributed by atoms with Gasteiger partial charge in [-0.15, -0.1) is 0 Å². The van der Waals surface area contributed by atoms with E-state index in [2.05, 4.69) is 10.1 Å². The molecular weight excluding hydrogens is 386 g/mol. The number of esters is 1. The van der Waals surface area contributed by atoms with Gasteiger partial charge < -0.3 is 18.9 Å². The van der Waals surface area contributed by atoms with Gasteiger partial charge in [0.15, 0.2) is 12.7 Å². The van der Waals surface area contributed by atoms with Gasteiger partial charge in [-0.3, -0.25) is 4.79 Å². The summed E-state index contributed by atoms with van der Waals surface area (Å²) >= 11 is 0. The number of amides is 1. The van der Waals surface area contributed by atoms with Crippen LogP contribution in [-0.2, 0) is 22.6 Å². The highest BCUT2D eigenvalue weighted by atomic mass is 16.5. The quantitative estimate of drug-likeness (QED) is 0.580. The number of para-hydroxylation sites is 1. The molecule has 1 atom stereocenters. The molecule has 0 spiro atoms. The van der Waals surface area contributed by atoms with Crippen LogP contribution in [-0.4, -0.2) is 34.7 Å². The van der Waals surface area contributed by atoms with Crippen LogP contribution in [0, 0.1) is 6.92 Å². The van der Waals surface area contributed by atoms with Gasteiger partial charge in [0.1, 0.15) is 5.75 Å². The topological polar surface area (TPSA) is 94.8 Å². The lowest BCUT2D eigenvalue weighted by Gasteiger charge is -2.21. The lowest BCUT2D eigenvalue weighted by Crippen LogP contribution is -2.39. The van der Waals surface area contributed by atoms with Gasteiger partial charge in [0.05, 0.1) is 5.56 Å². The highest BCUT2D eigenvalue weighted by Gasteiger charge is 2.29. The SMILES string of the molecule is Cc1nc(COc2ccc(C(=O)O[C@H](C)C(=O)N3CCc4ccccc43)cc2)no1. The van der Waals surface area contributed by atoms with Crippen LogP contribution in [0.25, 0.3) is 0 Å². The predicted octanol–water partition coefficient (Wildman–Crippen LogP) is 3.09. The molecular formula is C22H21N3O5. The minimum Gasteiger partial charge on any atom is -0.485 e.